The normalized spacial score (nSPS) is 9.87. The van der Waals surface area contributed by atoms with Gasteiger partial charge in [0.25, 0.3) is 0 Å². The van der Waals surface area contributed by atoms with Crippen LogP contribution in [0.4, 0.5) is 0 Å². The number of hydrogen-bond donors (Lipinski definition) is 1. The van der Waals surface area contributed by atoms with E-state index in [1.54, 1.807) is 26.0 Å². The van der Waals surface area contributed by atoms with Crippen molar-refractivity contribution in [3.05, 3.63) is 39.4 Å². The van der Waals surface area contributed by atoms with E-state index in [2.05, 4.69) is 0 Å². The summed E-state index contributed by atoms with van der Waals surface area (Å²) >= 11 is 11.7. The number of benzene rings is 1. The van der Waals surface area contributed by atoms with E-state index >= 15 is 0 Å². The molecule has 15 heavy (non-hydrogen) atoms. The molecule has 80 valence electrons. The van der Waals surface area contributed by atoms with Crippen LogP contribution in [0.15, 0.2) is 23.8 Å². The highest BCUT2D eigenvalue weighted by Crippen LogP contribution is 2.28. The number of allylic oxidation sites excluding steroid dienone is 1. The number of carboxylic acids is 1. The van der Waals surface area contributed by atoms with Crippen LogP contribution in [0, 0.1) is 0 Å². The van der Waals surface area contributed by atoms with Gasteiger partial charge in [0.15, 0.2) is 0 Å². The summed E-state index contributed by atoms with van der Waals surface area (Å²) < 4.78 is 0. The summed E-state index contributed by atoms with van der Waals surface area (Å²) in [7, 11) is 0. The molecular weight excluding hydrogens is 235 g/mol. The molecule has 1 aromatic carbocycles. The number of carbonyl (C=O) groups is 1. The van der Waals surface area contributed by atoms with Gasteiger partial charge in [-0.05, 0) is 26.0 Å². The van der Waals surface area contributed by atoms with E-state index in [4.69, 9.17) is 28.3 Å². The molecule has 0 aliphatic carbocycles. The molecule has 2 nitrogen and oxygen atoms in total. The van der Waals surface area contributed by atoms with Crippen molar-refractivity contribution in [1.82, 2.24) is 0 Å². The fourth-order valence-corrected chi connectivity index (χ4v) is 1.79. The topological polar surface area (TPSA) is 37.3 Å². The van der Waals surface area contributed by atoms with E-state index in [0.29, 0.717) is 21.2 Å². The second-order valence-electron chi connectivity index (χ2n) is 3.30. The second-order valence-corrected chi connectivity index (χ2v) is 4.15. The zero-order valence-corrected chi connectivity index (χ0v) is 9.86. The van der Waals surface area contributed by atoms with E-state index in [1.807, 2.05) is 0 Å². The molecule has 1 N–H and O–H groups in total. The van der Waals surface area contributed by atoms with Gasteiger partial charge < -0.3 is 5.11 Å². The van der Waals surface area contributed by atoms with E-state index in [9.17, 15) is 4.79 Å². The highest BCUT2D eigenvalue weighted by atomic mass is 35.5. The Bertz CT molecular complexity index is 432. The van der Waals surface area contributed by atoms with Gasteiger partial charge in [0, 0.05) is 10.6 Å². The monoisotopic (exact) mass is 244 g/mol. The summed E-state index contributed by atoms with van der Waals surface area (Å²) in [6.07, 6.45) is 0. The number of halogens is 2. The maximum absolute atomic E-state index is 11.0. The summed E-state index contributed by atoms with van der Waals surface area (Å²) in [6.45, 7) is 3.46. The Balaban J connectivity index is 3.38. The Morgan fingerprint density at radius 2 is 1.87 bits per heavy atom. The van der Waals surface area contributed by atoms with Crippen LogP contribution in [0.2, 0.25) is 10.0 Å². The average Bonchev–Trinajstić information content (AvgIpc) is 2.08. The minimum Gasteiger partial charge on any atom is -0.478 e. The molecule has 1 aromatic rings. The van der Waals surface area contributed by atoms with Gasteiger partial charge in [-0.25, -0.2) is 4.79 Å². The van der Waals surface area contributed by atoms with Gasteiger partial charge in [-0.3, -0.25) is 0 Å². The molecule has 0 aromatic heterocycles. The first-order valence-corrected chi connectivity index (χ1v) is 5.05. The van der Waals surface area contributed by atoms with Crippen molar-refractivity contribution in [1.29, 1.82) is 0 Å². The van der Waals surface area contributed by atoms with Gasteiger partial charge in [-0.15, -0.1) is 0 Å². The first-order valence-electron chi connectivity index (χ1n) is 4.29. The van der Waals surface area contributed by atoms with Crippen molar-refractivity contribution >= 4 is 34.7 Å². The fourth-order valence-electron chi connectivity index (χ4n) is 1.29. The minimum absolute atomic E-state index is 0.219. The second kappa shape index (κ2) is 4.69. The summed E-state index contributed by atoms with van der Waals surface area (Å²) in [5.41, 5.74) is 1.41. The molecule has 0 spiro atoms. The molecule has 0 aliphatic heterocycles. The Kier molecular flexibility index (Phi) is 3.77. The van der Waals surface area contributed by atoms with Gasteiger partial charge in [0.2, 0.25) is 0 Å². The molecule has 0 amide bonds. The molecule has 0 unspecified atom stereocenters. The van der Waals surface area contributed by atoms with Crippen molar-refractivity contribution in [2.75, 3.05) is 0 Å². The summed E-state index contributed by atoms with van der Waals surface area (Å²) in [6, 6.07) is 4.76. The number of rotatable bonds is 2. The smallest absolute Gasteiger partial charge is 0.336 e. The lowest BCUT2D eigenvalue weighted by atomic mass is 10.0. The quantitative estimate of drug-likeness (QED) is 0.803. The number of hydrogen-bond acceptors (Lipinski definition) is 1. The van der Waals surface area contributed by atoms with Gasteiger partial charge in [-0.1, -0.05) is 34.8 Å². The van der Waals surface area contributed by atoms with E-state index in [1.165, 1.54) is 6.07 Å². The largest absolute Gasteiger partial charge is 0.478 e. The Labute approximate surface area is 98.1 Å². The first-order chi connectivity index (χ1) is 6.93. The van der Waals surface area contributed by atoms with Crippen LogP contribution in [0.25, 0.3) is 5.57 Å². The van der Waals surface area contributed by atoms with Crippen molar-refractivity contribution in [2.24, 2.45) is 0 Å². The van der Waals surface area contributed by atoms with Crippen molar-refractivity contribution in [3.8, 4) is 0 Å². The molecular formula is C11H10Cl2O2. The third-order valence-corrected chi connectivity index (χ3v) is 2.46. The standard InChI is InChI=1S/C11H10Cl2O2/c1-6(2)10(11(14)15)8-4-3-7(12)5-9(8)13/h3-5H,1-2H3,(H,14,15). The summed E-state index contributed by atoms with van der Waals surface area (Å²) in [5, 5.41) is 9.88. The van der Waals surface area contributed by atoms with E-state index in [0.717, 1.165) is 0 Å². The van der Waals surface area contributed by atoms with Crippen molar-refractivity contribution in [3.63, 3.8) is 0 Å². The lowest BCUT2D eigenvalue weighted by molar-refractivity contribution is -0.130. The Hall–Kier alpha value is -0.990. The molecule has 0 fully saturated rings. The van der Waals surface area contributed by atoms with Crippen LogP contribution in [0.5, 0.6) is 0 Å². The third kappa shape index (κ3) is 2.74. The Morgan fingerprint density at radius 3 is 2.27 bits per heavy atom. The van der Waals surface area contributed by atoms with Crippen LogP contribution in [-0.4, -0.2) is 11.1 Å². The molecule has 4 heteroatoms. The molecule has 0 aliphatic rings. The first kappa shape index (κ1) is 12.1. The van der Waals surface area contributed by atoms with Crippen LogP contribution in [0.1, 0.15) is 19.4 Å². The molecule has 0 radical (unpaired) electrons. The molecule has 0 atom stereocenters. The fraction of sp³-hybridized carbons (Fsp3) is 0.182. The maximum Gasteiger partial charge on any atom is 0.336 e. The lowest BCUT2D eigenvalue weighted by Gasteiger charge is -2.07. The van der Waals surface area contributed by atoms with Gasteiger partial charge >= 0.3 is 5.97 Å². The number of aliphatic carboxylic acids is 1. The Morgan fingerprint density at radius 1 is 1.27 bits per heavy atom. The SMILES string of the molecule is CC(C)=C(C(=O)O)c1ccc(Cl)cc1Cl. The predicted octanol–water partition coefficient (Wildman–Crippen LogP) is 3.87. The zero-order chi connectivity index (χ0) is 11.6. The van der Waals surface area contributed by atoms with Crippen molar-refractivity contribution in [2.45, 2.75) is 13.8 Å². The van der Waals surface area contributed by atoms with Crippen molar-refractivity contribution < 1.29 is 9.90 Å². The van der Waals surface area contributed by atoms with Gasteiger partial charge in [0.05, 0.1) is 10.6 Å². The maximum atomic E-state index is 11.0. The zero-order valence-electron chi connectivity index (χ0n) is 8.34. The highest BCUT2D eigenvalue weighted by Gasteiger charge is 2.15. The molecule has 0 saturated carbocycles. The average molecular weight is 245 g/mol. The third-order valence-electron chi connectivity index (χ3n) is 1.91. The van der Waals surface area contributed by atoms with E-state index in [-0.39, 0.29) is 5.57 Å². The molecule has 0 bridgehead atoms. The molecule has 0 saturated heterocycles. The van der Waals surface area contributed by atoms with Gasteiger partial charge in [0.1, 0.15) is 0 Å². The van der Waals surface area contributed by atoms with Gasteiger partial charge in [-0.2, -0.15) is 0 Å². The highest BCUT2D eigenvalue weighted by molar-refractivity contribution is 6.37. The molecule has 1 rings (SSSR count). The lowest BCUT2D eigenvalue weighted by Crippen LogP contribution is -2.02. The van der Waals surface area contributed by atoms with Crippen LogP contribution in [-0.2, 0) is 4.79 Å². The predicted molar refractivity (Wildman–Crippen MR) is 62.4 cm³/mol. The van der Waals surface area contributed by atoms with Crippen LogP contribution in [0.3, 0.4) is 0 Å². The van der Waals surface area contributed by atoms with Crippen LogP contribution >= 0.6 is 23.2 Å². The van der Waals surface area contributed by atoms with Crippen LogP contribution < -0.4 is 0 Å². The minimum atomic E-state index is -0.987. The van der Waals surface area contributed by atoms with E-state index < -0.39 is 5.97 Å². The molecule has 0 heterocycles. The summed E-state index contributed by atoms with van der Waals surface area (Å²) in [4.78, 5) is 11.0. The number of carboxylic acid groups (broad SMARTS) is 1. The summed E-state index contributed by atoms with van der Waals surface area (Å²) in [5.74, 6) is -0.987.